The van der Waals surface area contributed by atoms with Crippen molar-refractivity contribution >= 4 is 27.6 Å². The molecule has 0 aromatic heterocycles. The molecule has 2 aromatic carbocycles. The SMILES string of the molecule is C=CCNC(=O)c1ccc(S(=O)(=O)Nc2ccc(C(=O)OCC)cc2)cc1. The molecule has 0 unspecified atom stereocenters. The number of ether oxygens (including phenoxy) is 1. The topological polar surface area (TPSA) is 102 Å². The summed E-state index contributed by atoms with van der Waals surface area (Å²) in [4.78, 5) is 23.5. The Bertz CT molecular complexity index is 920. The number of benzene rings is 2. The molecule has 142 valence electrons. The molecule has 8 heteroatoms. The molecule has 2 rings (SSSR count). The summed E-state index contributed by atoms with van der Waals surface area (Å²) in [6, 6.07) is 11.4. The van der Waals surface area contributed by atoms with Crippen molar-refractivity contribution < 1.29 is 22.7 Å². The van der Waals surface area contributed by atoms with Crippen molar-refractivity contribution in [3.05, 3.63) is 72.3 Å². The predicted octanol–water partition coefficient (Wildman–Crippen LogP) is 2.58. The average Bonchev–Trinajstić information content (AvgIpc) is 2.66. The smallest absolute Gasteiger partial charge is 0.338 e. The molecule has 0 saturated carbocycles. The Kier molecular flexibility index (Phi) is 6.73. The molecule has 0 spiro atoms. The lowest BCUT2D eigenvalue weighted by atomic mass is 10.2. The molecule has 0 radical (unpaired) electrons. The molecule has 7 nitrogen and oxygen atoms in total. The number of amides is 1. The highest BCUT2D eigenvalue weighted by Gasteiger charge is 2.16. The first-order chi connectivity index (χ1) is 12.9. The maximum Gasteiger partial charge on any atom is 0.338 e. The van der Waals surface area contributed by atoms with Gasteiger partial charge in [-0.15, -0.1) is 6.58 Å². The number of hydrogen-bond donors (Lipinski definition) is 2. The van der Waals surface area contributed by atoms with Gasteiger partial charge in [0.15, 0.2) is 0 Å². The zero-order valence-electron chi connectivity index (χ0n) is 14.8. The molecule has 2 aromatic rings. The van der Waals surface area contributed by atoms with Gasteiger partial charge in [0.05, 0.1) is 17.1 Å². The van der Waals surface area contributed by atoms with Gasteiger partial charge in [-0.25, -0.2) is 13.2 Å². The Morgan fingerprint density at radius 3 is 2.19 bits per heavy atom. The second kappa shape index (κ2) is 9.00. The Morgan fingerprint density at radius 1 is 1.04 bits per heavy atom. The van der Waals surface area contributed by atoms with Gasteiger partial charge in [0.2, 0.25) is 0 Å². The lowest BCUT2D eigenvalue weighted by Crippen LogP contribution is -2.23. The van der Waals surface area contributed by atoms with E-state index in [1.54, 1.807) is 13.0 Å². The molecular weight excluding hydrogens is 368 g/mol. The molecule has 2 N–H and O–H groups in total. The lowest BCUT2D eigenvalue weighted by molar-refractivity contribution is 0.0526. The van der Waals surface area contributed by atoms with Crippen LogP contribution < -0.4 is 10.0 Å². The minimum atomic E-state index is -3.83. The summed E-state index contributed by atoms with van der Waals surface area (Å²) in [5.41, 5.74) is 0.972. The summed E-state index contributed by atoms with van der Waals surface area (Å²) >= 11 is 0. The van der Waals surface area contributed by atoms with Gasteiger partial charge < -0.3 is 10.1 Å². The normalized spacial score (nSPS) is 10.7. The van der Waals surface area contributed by atoms with Gasteiger partial charge in [-0.3, -0.25) is 9.52 Å². The van der Waals surface area contributed by atoms with E-state index in [-0.39, 0.29) is 17.4 Å². The molecule has 0 bridgehead atoms. The van der Waals surface area contributed by atoms with Crippen LogP contribution in [-0.4, -0.2) is 33.4 Å². The van der Waals surface area contributed by atoms with Crippen molar-refractivity contribution in [1.29, 1.82) is 0 Å². The van der Waals surface area contributed by atoms with E-state index in [0.29, 0.717) is 23.4 Å². The summed E-state index contributed by atoms with van der Waals surface area (Å²) in [6.45, 7) is 5.79. The van der Waals surface area contributed by atoms with E-state index in [0.717, 1.165) is 0 Å². The first-order valence-electron chi connectivity index (χ1n) is 8.16. The van der Waals surface area contributed by atoms with Crippen LogP contribution >= 0.6 is 0 Å². The van der Waals surface area contributed by atoms with Crippen LogP contribution in [0.1, 0.15) is 27.6 Å². The first-order valence-corrected chi connectivity index (χ1v) is 9.65. The number of carbonyl (C=O) groups excluding carboxylic acids is 2. The Hall–Kier alpha value is -3.13. The fourth-order valence-electron chi connectivity index (χ4n) is 2.16. The zero-order chi connectivity index (χ0) is 19.9. The third kappa shape index (κ3) is 5.42. The second-order valence-electron chi connectivity index (χ2n) is 5.43. The van der Waals surface area contributed by atoms with E-state index in [9.17, 15) is 18.0 Å². The fourth-order valence-corrected chi connectivity index (χ4v) is 3.21. The van der Waals surface area contributed by atoms with Crippen LogP contribution in [0.4, 0.5) is 5.69 Å². The van der Waals surface area contributed by atoms with E-state index in [4.69, 9.17) is 4.74 Å². The van der Waals surface area contributed by atoms with Crippen molar-refractivity contribution in [1.82, 2.24) is 5.32 Å². The monoisotopic (exact) mass is 388 g/mol. The van der Waals surface area contributed by atoms with E-state index >= 15 is 0 Å². The van der Waals surface area contributed by atoms with Crippen LogP contribution in [0, 0.1) is 0 Å². The molecule has 1 amide bonds. The van der Waals surface area contributed by atoms with Crippen LogP contribution in [0.5, 0.6) is 0 Å². The predicted molar refractivity (Wildman–Crippen MR) is 102 cm³/mol. The van der Waals surface area contributed by atoms with Gasteiger partial charge in [-0.1, -0.05) is 6.08 Å². The van der Waals surface area contributed by atoms with Crippen molar-refractivity contribution in [3.63, 3.8) is 0 Å². The van der Waals surface area contributed by atoms with Crippen LogP contribution in [0.3, 0.4) is 0 Å². The standard InChI is InChI=1S/C19H20N2O5S/c1-3-13-20-18(22)14-7-11-17(12-8-14)27(24,25)21-16-9-5-15(6-10-16)19(23)26-4-2/h3,5-12,21H,1,4,13H2,2H3,(H,20,22). The van der Waals surface area contributed by atoms with Crippen molar-refractivity contribution in [3.8, 4) is 0 Å². The number of anilines is 1. The molecule has 27 heavy (non-hydrogen) atoms. The highest BCUT2D eigenvalue weighted by atomic mass is 32.2. The molecule has 0 saturated heterocycles. The highest BCUT2D eigenvalue weighted by molar-refractivity contribution is 7.92. The van der Waals surface area contributed by atoms with Gasteiger partial charge in [0.25, 0.3) is 15.9 Å². The highest BCUT2D eigenvalue weighted by Crippen LogP contribution is 2.17. The lowest BCUT2D eigenvalue weighted by Gasteiger charge is -2.09. The van der Waals surface area contributed by atoms with Crippen molar-refractivity contribution in [2.24, 2.45) is 0 Å². The van der Waals surface area contributed by atoms with Gasteiger partial charge >= 0.3 is 5.97 Å². The minimum absolute atomic E-state index is 0.0113. The summed E-state index contributed by atoms with van der Waals surface area (Å²) < 4.78 is 32.2. The summed E-state index contributed by atoms with van der Waals surface area (Å²) in [5, 5.41) is 2.61. The van der Waals surface area contributed by atoms with E-state index in [1.807, 2.05) is 0 Å². The largest absolute Gasteiger partial charge is 0.462 e. The van der Waals surface area contributed by atoms with Crippen molar-refractivity contribution in [2.45, 2.75) is 11.8 Å². The number of esters is 1. The third-order valence-electron chi connectivity index (χ3n) is 3.48. The Labute approximate surface area is 158 Å². The zero-order valence-corrected chi connectivity index (χ0v) is 15.6. The average molecular weight is 388 g/mol. The number of carbonyl (C=O) groups is 2. The second-order valence-corrected chi connectivity index (χ2v) is 7.11. The molecule has 0 aliphatic heterocycles. The number of hydrogen-bond acceptors (Lipinski definition) is 5. The number of sulfonamides is 1. The quantitative estimate of drug-likeness (QED) is 0.535. The van der Waals surface area contributed by atoms with E-state index < -0.39 is 16.0 Å². The van der Waals surface area contributed by atoms with Gasteiger partial charge in [0.1, 0.15) is 0 Å². The van der Waals surface area contributed by atoms with Crippen LogP contribution in [-0.2, 0) is 14.8 Å². The molecule has 0 aliphatic carbocycles. The molecular formula is C19H20N2O5S. The maximum atomic E-state index is 12.5. The molecule has 0 heterocycles. The van der Waals surface area contributed by atoms with E-state index in [1.165, 1.54) is 48.5 Å². The maximum absolute atomic E-state index is 12.5. The summed E-state index contributed by atoms with van der Waals surface area (Å²) in [6.07, 6.45) is 1.55. The van der Waals surface area contributed by atoms with E-state index in [2.05, 4.69) is 16.6 Å². The van der Waals surface area contributed by atoms with Gasteiger partial charge in [-0.05, 0) is 55.5 Å². The van der Waals surface area contributed by atoms with Crippen LogP contribution in [0.15, 0.2) is 66.1 Å². The fraction of sp³-hybridized carbons (Fsp3) is 0.158. The minimum Gasteiger partial charge on any atom is -0.462 e. The third-order valence-corrected chi connectivity index (χ3v) is 4.88. The first kappa shape index (κ1) is 20.2. The molecule has 0 fully saturated rings. The molecule has 0 atom stereocenters. The number of nitrogens with one attached hydrogen (secondary N) is 2. The summed E-state index contributed by atoms with van der Waals surface area (Å²) in [7, 11) is -3.83. The van der Waals surface area contributed by atoms with Crippen molar-refractivity contribution in [2.75, 3.05) is 17.9 Å². The number of rotatable bonds is 8. The summed E-state index contributed by atoms with van der Waals surface area (Å²) in [5.74, 6) is -0.793. The Balaban J connectivity index is 2.11. The van der Waals surface area contributed by atoms with Crippen LogP contribution in [0.25, 0.3) is 0 Å². The Morgan fingerprint density at radius 2 is 1.63 bits per heavy atom. The molecule has 0 aliphatic rings. The van der Waals surface area contributed by atoms with Gasteiger partial charge in [0, 0.05) is 17.8 Å². The van der Waals surface area contributed by atoms with Crippen LogP contribution in [0.2, 0.25) is 0 Å². The van der Waals surface area contributed by atoms with Gasteiger partial charge in [-0.2, -0.15) is 0 Å².